The smallest absolute Gasteiger partial charge is 0.250 e. The van der Waals surface area contributed by atoms with Crippen LogP contribution in [0.5, 0.6) is 0 Å². The van der Waals surface area contributed by atoms with E-state index in [1.54, 1.807) is 24.3 Å². The molecule has 1 heterocycles. The summed E-state index contributed by atoms with van der Waals surface area (Å²) in [7, 11) is 0. The first kappa shape index (κ1) is 16.7. The van der Waals surface area contributed by atoms with Gasteiger partial charge in [-0.1, -0.05) is 30.3 Å². The van der Waals surface area contributed by atoms with Crippen LogP contribution in [0.1, 0.15) is 16.1 Å². The molecule has 0 atom stereocenters. The molecule has 126 valence electrons. The van der Waals surface area contributed by atoms with Crippen molar-refractivity contribution < 1.29 is 9.59 Å². The Morgan fingerprint density at radius 2 is 1.76 bits per heavy atom. The second-order valence-corrected chi connectivity index (χ2v) is 6.13. The maximum absolute atomic E-state index is 12.2. The van der Waals surface area contributed by atoms with E-state index in [-0.39, 0.29) is 17.9 Å². The minimum absolute atomic E-state index is 0.111. The van der Waals surface area contributed by atoms with Gasteiger partial charge in [0.2, 0.25) is 5.91 Å². The summed E-state index contributed by atoms with van der Waals surface area (Å²) in [6, 6.07) is 16.3. The second-order valence-electron chi connectivity index (χ2n) is 5.27. The number of nitrogens with two attached hydrogens (primary N) is 1. The van der Waals surface area contributed by atoms with Crippen molar-refractivity contribution in [1.82, 2.24) is 4.98 Å². The molecule has 0 aliphatic rings. The number of nitrogens with one attached hydrogen (secondary N) is 2. The molecule has 0 saturated heterocycles. The third-order valence-corrected chi connectivity index (χ3v) is 4.19. The highest BCUT2D eigenvalue weighted by Gasteiger charge is 2.12. The van der Waals surface area contributed by atoms with Gasteiger partial charge in [-0.2, -0.15) is 0 Å². The lowest BCUT2D eigenvalue weighted by molar-refractivity contribution is -0.115. The maximum Gasteiger partial charge on any atom is 0.250 e. The van der Waals surface area contributed by atoms with Crippen LogP contribution >= 0.6 is 11.3 Å². The summed E-state index contributed by atoms with van der Waals surface area (Å²) in [4.78, 5) is 28.0. The first-order valence-corrected chi connectivity index (χ1v) is 8.45. The van der Waals surface area contributed by atoms with Gasteiger partial charge in [0, 0.05) is 11.1 Å². The van der Waals surface area contributed by atoms with Crippen LogP contribution in [-0.2, 0) is 11.2 Å². The molecular weight excluding hydrogens is 336 g/mol. The Morgan fingerprint density at radius 1 is 1.04 bits per heavy atom. The van der Waals surface area contributed by atoms with Crippen molar-refractivity contribution in [3.63, 3.8) is 0 Å². The lowest BCUT2D eigenvalue weighted by atomic mass is 10.1. The molecule has 3 rings (SSSR count). The Labute approximate surface area is 148 Å². The quantitative estimate of drug-likeness (QED) is 0.635. The zero-order chi connectivity index (χ0) is 17.6. The van der Waals surface area contributed by atoms with Gasteiger partial charge in [0.15, 0.2) is 5.13 Å². The van der Waals surface area contributed by atoms with Crippen LogP contribution in [0.2, 0.25) is 0 Å². The Balaban J connectivity index is 1.63. The van der Waals surface area contributed by atoms with Crippen molar-refractivity contribution in [2.45, 2.75) is 6.42 Å². The molecule has 6 nitrogen and oxygen atoms in total. The number of primary amides is 1. The topological polar surface area (TPSA) is 97.1 Å². The highest BCUT2D eigenvalue weighted by Crippen LogP contribution is 2.21. The molecule has 0 bridgehead atoms. The summed E-state index contributed by atoms with van der Waals surface area (Å²) in [5, 5.41) is 8.43. The monoisotopic (exact) mass is 352 g/mol. The standard InChI is InChI=1S/C18H16N4O2S/c19-17(24)14-8-4-5-9-15(14)22-16(23)10-13-11-25-18(21-13)20-12-6-2-1-3-7-12/h1-9,11H,10H2,(H2,19,24)(H,20,21)(H,22,23). The minimum atomic E-state index is -0.584. The van der Waals surface area contributed by atoms with Gasteiger partial charge in [0.1, 0.15) is 0 Å². The first-order valence-electron chi connectivity index (χ1n) is 7.57. The molecule has 1 aromatic heterocycles. The molecule has 3 aromatic rings. The zero-order valence-electron chi connectivity index (χ0n) is 13.2. The highest BCUT2D eigenvalue weighted by atomic mass is 32.1. The number of thiazole rings is 1. The molecule has 0 aliphatic carbocycles. The van der Waals surface area contributed by atoms with Crippen LogP contribution < -0.4 is 16.4 Å². The van der Waals surface area contributed by atoms with Crippen LogP contribution in [0.3, 0.4) is 0 Å². The molecule has 0 unspecified atom stereocenters. The van der Waals surface area contributed by atoms with Crippen molar-refractivity contribution in [3.05, 3.63) is 71.2 Å². The number of carbonyl (C=O) groups excluding carboxylic acids is 2. The molecule has 0 spiro atoms. The second kappa shape index (κ2) is 7.59. The molecule has 0 fully saturated rings. The third-order valence-electron chi connectivity index (χ3n) is 3.39. The molecule has 2 amide bonds. The average molecular weight is 352 g/mol. The summed E-state index contributed by atoms with van der Waals surface area (Å²) in [6.07, 6.45) is 0.111. The number of nitrogens with zero attached hydrogens (tertiary/aromatic N) is 1. The number of aromatic nitrogens is 1. The number of anilines is 3. The van der Waals surface area contributed by atoms with Gasteiger partial charge in [-0.25, -0.2) is 4.98 Å². The fourth-order valence-corrected chi connectivity index (χ4v) is 2.99. The van der Waals surface area contributed by atoms with E-state index >= 15 is 0 Å². The summed E-state index contributed by atoms with van der Waals surface area (Å²) in [6.45, 7) is 0. The van der Waals surface area contributed by atoms with Gasteiger partial charge in [-0.3, -0.25) is 9.59 Å². The summed E-state index contributed by atoms with van der Waals surface area (Å²) in [5.74, 6) is -0.843. The minimum Gasteiger partial charge on any atom is -0.366 e. The van der Waals surface area contributed by atoms with Gasteiger partial charge < -0.3 is 16.4 Å². The fraction of sp³-hybridized carbons (Fsp3) is 0.0556. The van der Waals surface area contributed by atoms with E-state index in [1.165, 1.54) is 11.3 Å². The lowest BCUT2D eigenvalue weighted by Gasteiger charge is -2.07. The lowest BCUT2D eigenvalue weighted by Crippen LogP contribution is -2.19. The number of carbonyl (C=O) groups is 2. The number of rotatable bonds is 6. The van der Waals surface area contributed by atoms with Crippen molar-refractivity contribution >= 4 is 39.7 Å². The molecule has 0 aliphatic heterocycles. The van der Waals surface area contributed by atoms with Crippen LogP contribution in [0.25, 0.3) is 0 Å². The Bertz CT molecular complexity index is 893. The summed E-state index contributed by atoms with van der Waals surface area (Å²) >= 11 is 1.42. The Morgan fingerprint density at radius 3 is 2.52 bits per heavy atom. The zero-order valence-corrected chi connectivity index (χ0v) is 14.0. The first-order chi connectivity index (χ1) is 12.1. The van der Waals surface area contributed by atoms with E-state index in [1.807, 2.05) is 35.7 Å². The number of benzene rings is 2. The molecule has 4 N–H and O–H groups in total. The van der Waals surface area contributed by atoms with Crippen molar-refractivity contribution in [3.8, 4) is 0 Å². The Kier molecular flexibility index (Phi) is 5.06. The van der Waals surface area contributed by atoms with E-state index in [0.29, 0.717) is 16.5 Å². The predicted octanol–water partition coefficient (Wildman–Crippen LogP) is 3.17. The van der Waals surface area contributed by atoms with E-state index < -0.39 is 5.91 Å². The number of amides is 2. The van der Waals surface area contributed by atoms with E-state index in [9.17, 15) is 9.59 Å². The summed E-state index contributed by atoms with van der Waals surface area (Å²) in [5.41, 5.74) is 7.57. The molecule has 2 aromatic carbocycles. The molecule has 0 radical (unpaired) electrons. The van der Waals surface area contributed by atoms with E-state index in [2.05, 4.69) is 15.6 Å². The number of para-hydroxylation sites is 2. The number of hydrogen-bond acceptors (Lipinski definition) is 5. The van der Waals surface area contributed by atoms with Crippen LogP contribution in [-0.4, -0.2) is 16.8 Å². The molecule has 7 heteroatoms. The van der Waals surface area contributed by atoms with Crippen molar-refractivity contribution in [2.24, 2.45) is 5.73 Å². The molecule has 25 heavy (non-hydrogen) atoms. The SMILES string of the molecule is NC(=O)c1ccccc1NC(=O)Cc1csc(Nc2ccccc2)n1. The molecule has 0 saturated carbocycles. The van der Waals surface area contributed by atoms with Crippen LogP contribution in [0.15, 0.2) is 60.0 Å². The van der Waals surface area contributed by atoms with Crippen molar-refractivity contribution in [1.29, 1.82) is 0 Å². The van der Waals surface area contributed by atoms with Crippen LogP contribution in [0.4, 0.5) is 16.5 Å². The largest absolute Gasteiger partial charge is 0.366 e. The predicted molar refractivity (Wildman–Crippen MR) is 99.1 cm³/mol. The number of hydrogen-bond donors (Lipinski definition) is 3. The van der Waals surface area contributed by atoms with Gasteiger partial charge >= 0.3 is 0 Å². The van der Waals surface area contributed by atoms with E-state index in [4.69, 9.17) is 5.73 Å². The maximum atomic E-state index is 12.2. The average Bonchev–Trinajstić information content (AvgIpc) is 3.02. The normalized spacial score (nSPS) is 10.2. The highest BCUT2D eigenvalue weighted by molar-refractivity contribution is 7.13. The fourth-order valence-electron chi connectivity index (χ4n) is 2.26. The van der Waals surface area contributed by atoms with Gasteiger partial charge in [-0.15, -0.1) is 11.3 Å². The summed E-state index contributed by atoms with van der Waals surface area (Å²) < 4.78 is 0. The van der Waals surface area contributed by atoms with Gasteiger partial charge in [0.25, 0.3) is 5.91 Å². The third kappa shape index (κ3) is 4.42. The van der Waals surface area contributed by atoms with Crippen molar-refractivity contribution in [2.75, 3.05) is 10.6 Å². The Hall–Kier alpha value is -3.19. The van der Waals surface area contributed by atoms with Crippen LogP contribution in [0, 0.1) is 0 Å². The van der Waals surface area contributed by atoms with Gasteiger partial charge in [0.05, 0.1) is 23.4 Å². The van der Waals surface area contributed by atoms with E-state index in [0.717, 1.165) is 5.69 Å². The van der Waals surface area contributed by atoms with Gasteiger partial charge in [-0.05, 0) is 24.3 Å². The molecular formula is C18H16N4O2S.